The molecule has 21 heavy (non-hydrogen) atoms. The molecule has 2 aromatic rings. The predicted octanol–water partition coefficient (Wildman–Crippen LogP) is 3.34. The summed E-state index contributed by atoms with van der Waals surface area (Å²) in [4.78, 5) is 2.10. The second kappa shape index (κ2) is 6.04. The zero-order valence-corrected chi connectivity index (χ0v) is 13.3. The smallest absolute Gasteiger partial charge is 0.116 e. The molecule has 114 valence electrons. The van der Waals surface area contributed by atoms with E-state index in [0.717, 1.165) is 22.9 Å². The Hall–Kier alpha value is -1.58. The highest BCUT2D eigenvalue weighted by molar-refractivity contribution is 5.84. The molecule has 0 unspecified atom stereocenters. The molecule has 2 atom stereocenters. The van der Waals surface area contributed by atoms with Crippen LogP contribution in [0.4, 0.5) is 0 Å². The van der Waals surface area contributed by atoms with Crippen molar-refractivity contribution >= 4 is 10.8 Å². The van der Waals surface area contributed by atoms with Gasteiger partial charge >= 0.3 is 0 Å². The van der Waals surface area contributed by atoms with Gasteiger partial charge in [0.1, 0.15) is 5.75 Å². The summed E-state index contributed by atoms with van der Waals surface area (Å²) in [7, 11) is 4.05. The van der Waals surface area contributed by atoms with E-state index in [2.05, 4.69) is 11.8 Å². The Kier molecular flexibility index (Phi) is 4.55. The van der Waals surface area contributed by atoms with Gasteiger partial charge in [-0.15, -0.1) is 0 Å². The number of aliphatic hydroxyl groups is 1. The van der Waals surface area contributed by atoms with Crippen LogP contribution in [0.5, 0.6) is 5.75 Å². The molecule has 2 aromatic carbocycles. The Morgan fingerprint density at radius 2 is 1.71 bits per heavy atom. The first kappa shape index (κ1) is 15.8. The minimum absolute atomic E-state index is 0.132. The fraction of sp³-hybridized carbons (Fsp3) is 0.444. The van der Waals surface area contributed by atoms with Crippen LogP contribution in [0.15, 0.2) is 36.4 Å². The summed E-state index contributed by atoms with van der Waals surface area (Å²) in [6.07, 6.45) is 0.672. The van der Waals surface area contributed by atoms with E-state index in [0.29, 0.717) is 6.42 Å². The van der Waals surface area contributed by atoms with Crippen LogP contribution < -0.4 is 0 Å². The van der Waals surface area contributed by atoms with E-state index >= 15 is 0 Å². The third kappa shape index (κ3) is 3.20. The highest BCUT2D eigenvalue weighted by Gasteiger charge is 2.34. The number of phenols is 1. The van der Waals surface area contributed by atoms with Gasteiger partial charge in [-0.2, -0.15) is 0 Å². The van der Waals surface area contributed by atoms with Gasteiger partial charge in [0.15, 0.2) is 0 Å². The average Bonchev–Trinajstić information content (AvgIpc) is 2.45. The van der Waals surface area contributed by atoms with Gasteiger partial charge in [-0.25, -0.2) is 0 Å². The van der Waals surface area contributed by atoms with Gasteiger partial charge in [-0.3, -0.25) is 0 Å². The zero-order chi connectivity index (χ0) is 15.6. The van der Waals surface area contributed by atoms with Crippen LogP contribution in [0.25, 0.3) is 10.8 Å². The minimum atomic E-state index is -0.837. The van der Waals surface area contributed by atoms with E-state index in [-0.39, 0.29) is 11.7 Å². The van der Waals surface area contributed by atoms with E-state index in [1.807, 2.05) is 45.3 Å². The maximum absolute atomic E-state index is 11.1. The molecule has 0 heterocycles. The zero-order valence-electron chi connectivity index (χ0n) is 13.3. The minimum Gasteiger partial charge on any atom is -0.508 e. The predicted molar refractivity (Wildman–Crippen MR) is 87.5 cm³/mol. The van der Waals surface area contributed by atoms with Crippen molar-refractivity contribution in [3.63, 3.8) is 0 Å². The van der Waals surface area contributed by atoms with Crippen LogP contribution in [0.2, 0.25) is 0 Å². The normalized spacial score (nSPS) is 16.1. The van der Waals surface area contributed by atoms with E-state index in [1.165, 1.54) is 0 Å². The van der Waals surface area contributed by atoms with E-state index < -0.39 is 5.60 Å². The largest absolute Gasteiger partial charge is 0.508 e. The van der Waals surface area contributed by atoms with Crippen molar-refractivity contribution in [1.29, 1.82) is 0 Å². The van der Waals surface area contributed by atoms with Gasteiger partial charge < -0.3 is 15.1 Å². The second-order valence-electron chi connectivity index (χ2n) is 6.19. The molecular formula is C18H25NO2. The molecular weight excluding hydrogens is 262 g/mol. The SMILES string of the molecule is CC[C@@](O)(c1ccc2cc(O)ccc2c1)[C@@H](C)CN(C)C. The molecule has 2 N–H and O–H groups in total. The molecule has 2 rings (SSSR count). The number of benzene rings is 2. The number of aromatic hydroxyl groups is 1. The van der Waals surface area contributed by atoms with E-state index in [1.54, 1.807) is 12.1 Å². The van der Waals surface area contributed by atoms with Crippen molar-refractivity contribution in [2.75, 3.05) is 20.6 Å². The number of nitrogens with zero attached hydrogens (tertiary/aromatic N) is 1. The molecule has 0 radical (unpaired) electrons. The van der Waals surface area contributed by atoms with Crippen LogP contribution in [0, 0.1) is 5.92 Å². The Balaban J connectivity index is 2.44. The maximum Gasteiger partial charge on any atom is 0.116 e. The second-order valence-corrected chi connectivity index (χ2v) is 6.19. The molecule has 0 saturated carbocycles. The van der Waals surface area contributed by atoms with Gasteiger partial charge in [-0.1, -0.05) is 32.0 Å². The van der Waals surface area contributed by atoms with Crippen LogP contribution in [0.1, 0.15) is 25.8 Å². The molecule has 0 aliphatic rings. The standard InChI is InChI=1S/C18H25NO2/c1-5-18(21,13(2)12-19(3)4)16-8-6-15-11-17(20)9-7-14(15)10-16/h6-11,13,20-21H,5,12H2,1-4H3/t13-,18-/m0/s1. The Morgan fingerprint density at radius 1 is 1.10 bits per heavy atom. The molecule has 0 aliphatic carbocycles. The molecule has 0 saturated heterocycles. The highest BCUT2D eigenvalue weighted by atomic mass is 16.3. The van der Waals surface area contributed by atoms with Gasteiger partial charge in [0.05, 0.1) is 5.60 Å². The molecule has 0 aromatic heterocycles. The number of phenolic OH excluding ortho intramolecular Hbond substituents is 1. The lowest BCUT2D eigenvalue weighted by atomic mass is 9.79. The molecule has 0 spiro atoms. The third-order valence-corrected chi connectivity index (χ3v) is 4.32. The summed E-state index contributed by atoms with van der Waals surface area (Å²) in [5, 5.41) is 22.7. The first-order chi connectivity index (χ1) is 9.86. The van der Waals surface area contributed by atoms with Gasteiger partial charge in [-0.05, 0) is 55.1 Å². The van der Waals surface area contributed by atoms with Gasteiger partial charge in [0.2, 0.25) is 0 Å². The number of rotatable bonds is 5. The van der Waals surface area contributed by atoms with Crippen molar-refractivity contribution in [2.45, 2.75) is 25.9 Å². The van der Waals surface area contributed by atoms with E-state index in [9.17, 15) is 10.2 Å². The Labute approximate surface area is 126 Å². The van der Waals surface area contributed by atoms with Crippen molar-refractivity contribution in [1.82, 2.24) is 4.90 Å². The van der Waals surface area contributed by atoms with Crippen LogP contribution in [-0.4, -0.2) is 35.8 Å². The first-order valence-corrected chi connectivity index (χ1v) is 7.47. The van der Waals surface area contributed by atoms with Crippen LogP contribution >= 0.6 is 0 Å². The summed E-state index contributed by atoms with van der Waals surface area (Å²) in [5.41, 5.74) is 0.105. The summed E-state index contributed by atoms with van der Waals surface area (Å²) >= 11 is 0. The monoisotopic (exact) mass is 287 g/mol. The average molecular weight is 287 g/mol. The Bertz CT molecular complexity index is 624. The van der Waals surface area contributed by atoms with Crippen LogP contribution in [-0.2, 0) is 5.60 Å². The maximum atomic E-state index is 11.1. The van der Waals surface area contributed by atoms with Crippen molar-refractivity contribution in [2.24, 2.45) is 5.92 Å². The van der Waals surface area contributed by atoms with Gasteiger partial charge in [0, 0.05) is 12.5 Å². The number of fused-ring (bicyclic) bond motifs is 1. The molecule has 0 aliphatic heterocycles. The fourth-order valence-electron chi connectivity index (χ4n) is 3.04. The lowest BCUT2D eigenvalue weighted by molar-refractivity contribution is -0.0290. The summed E-state index contributed by atoms with van der Waals surface area (Å²) < 4.78 is 0. The lowest BCUT2D eigenvalue weighted by Gasteiger charge is -2.35. The Morgan fingerprint density at radius 3 is 2.33 bits per heavy atom. The summed E-state index contributed by atoms with van der Waals surface area (Å²) in [6, 6.07) is 11.3. The number of hydrogen-bond acceptors (Lipinski definition) is 3. The lowest BCUT2D eigenvalue weighted by Crippen LogP contribution is -2.38. The fourth-order valence-corrected chi connectivity index (χ4v) is 3.04. The highest BCUT2D eigenvalue weighted by Crippen LogP contribution is 2.35. The molecule has 3 nitrogen and oxygen atoms in total. The summed E-state index contributed by atoms with van der Waals surface area (Å²) in [5.74, 6) is 0.397. The van der Waals surface area contributed by atoms with Crippen LogP contribution in [0.3, 0.4) is 0 Å². The third-order valence-electron chi connectivity index (χ3n) is 4.32. The molecule has 0 fully saturated rings. The first-order valence-electron chi connectivity index (χ1n) is 7.47. The quantitative estimate of drug-likeness (QED) is 0.886. The molecule has 3 heteroatoms. The number of hydrogen-bond donors (Lipinski definition) is 2. The summed E-state index contributed by atoms with van der Waals surface area (Å²) in [6.45, 7) is 4.94. The van der Waals surface area contributed by atoms with E-state index in [4.69, 9.17) is 0 Å². The molecule has 0 bridgehead atoms. The van der Waals surface area contributed by atoms with Crippen molar-refractivity contribution in [3.8, 4) is 5.75 Å². The van der Waals surface area contributed by atoms with Crippen molar-refractivity contribution in [3.05, 3.63) is 42.0 Å². The van der Waals surface area contributed by atoms with Gasteiger partial charge in [0.25, 0.3) is 0 Å². The topological polar surface area (TPSA) is 43.7 Å². The van der Waals surface area contributed by atoms with Crippen molar-refractivity contribution < 1.29 is 10.2 Å². The molecule has 0 amide bonds.